The van der Waals surface area contributed by atoms with Crippen LogP contribution in [0.5, 0.6) is 5.88 Å². The van der Waals surface area contributed by atoms with Gasteiger partial charge in [-0.3, -0.25) is 4.79 Å². The number of H-pyrrole nitrogens is 1. The van der Waals surface area contributed by atoms with Crippen molar-refractivity contribution in [2.75, 3.05) is 13.2 Å². The molecule has 0 radical (unpaired) electrons. The van der Waals surface area contributed by atoms with E-state index in [4.69, 9.17) is 4.74 Å². The molecule has 2 N–H and O–H groups in total. The van der Waals surface area contributed by atoms with Gasteiger partial charge in [0.15, 0.2) is 5.65 Å². The second-order valence-corrected chi connectivity index (χ2v) is 3.12. The van der Waals surface area contributed by atoms with Crippen molar-refractivity contribution in [2.24, 2.45) is 0 Å². The number of hydrogen-bond donors (Lipinski definition) is 2. The van der Waals surface area contributed by atoms with E-state index in [-0.39, 0.29) is 5.91 Å². The number of nitrogens with one attached hydrogen (secondary N) is 2. The average Bonchev–Trinajstić information content (AvgIpc) is 2.83. The summed E-state index contributed by atoms with van der Waals surface area (Å²) in [7, 11) is 0. The van der Waals surface area contributed by atoms with E-state index in [2.05, 4.69) is 31.8 Å². The number of fused-ring (bicyclic) bond motifs is 1. The van der Waals surface area contributed by atoms with Gasteiger partial charge in [0.2, 0.25) is 11.8 Å². The Bertz CT molecular complexity index is 536. The van der Waals surface area contributed by atoms with Crippen molar-refractivity contribution in [1.82, 2.24) is 25.3 Å². The van der Waals surface area contributed by atoms with E-state index in [0.29, 0.717) is 30.2 Å². The number of aromatic nitrogens is 4. The molecule has 2 aromatic rings. The molecule has 0 fully saturated rings. The minimum Gasteiger partial charge on any atom is -0.474 e. The minimum atomic E-state index is -0.233. The quantitative estimate of drug-likeness (QED) is 0.561. The fourth-order valence-electron chi connectivity index (χ4n) is 1.25. The summed E-state index contributed by atoms with van der Waals surface area (Å²) in [4.78, 5) is 25.7. The molecule has 1 amide bonds. The van der Waals surface area contributed by atoms with Crippen LogP contribution in [0.2, 0.25) is 0 Å². The molecule has 7 nitrogen and oxygen atoms in total. The summed E-state index contributed by atoms with van der Waals surface area (Å²) in [5, 5.41) is 2.59. The van der Waals surface area contributed by atoms with Gasteiger partial charge in [-0.15, -0.1) is 0 Å². The monoisotopic (exact) mass is 233 g/mol. The van der Waals surface area contributed by atoms with Crippen molar-refractivity contribution in [2.45, 2.75) is 0 Å². The van der Waals surface area contributed by atoms with Crippen molar-refractivity contribution >= 4 is 17.1 Å². The Morgan fingerprint density at radius 2 is 2.41 bits per heavy atom. The Labute approximate surface area is 96.9 Å². The second-order valence-electron chi connectivity index (χ2n) is 3.12. The standard InChI is InChI=1S/C10H11N5O2/c1-2-7(16)11-3-4-17-10-8-9(13-5-12-8)14-6-15-10/h2,5-6H,1,3-4H2,(H,11,16)(H,12,13,14,15). The lowest BCUT2D eigenvalue weighted by molar-refractivity contribution is -0.116. The number of carbonyl (C=O) groups is 1. The van der Waals surface area contributed by atoms with Gasteiger partial charge in [0, 0.05) is 0 Å². The first kappa shape index (κ1) is 11.1. The third-order valence-electron chi connectivity index (χ3n) is 2.01. The highest BCUT2D eigenvalue weighted by atomic mass is 16.5. The topological polar surface area (TPSA) is 92.8 Å². The molecule has 2 heterocycles. The van der Waals surface area contributed by atoms with Gasteiger partial charge in [0.1, 0.15) is 18.5 Å². The van der Waals surface area contributed by atoms with Crippen LogP contribution in [0.25, 0.3) is 11.2 Å². The van der Waals surface area contributed by atoms with Crippen molar-refractivity contribution < 1.29 is 9.53 Å². The molecule has 0 aliphatic carbocycles. The third kappa shape index (κ3) is 2.57. The highest BCUT2D eigenvalue weighted by molar-refractivity contribution is 5.86. The molecule has 17 heavy (non-hydrogen) atoms. The Balaban J connectivity index is 1.93. The minimum absolute atomic E-state index is 0.233. The molecular formula is C10H11N5O2. The van der Waals surface area contributed by atoms with Crippen LogP contribution >= 0.6 is 0 Å². The lowest BCUT2D eigenvalue weighted by atomic mass is 10.5. The normalized spacial score (nSPS) is 10.1. The second kappa shape index (κ2) is 5.06. The molecule has 0 aliphatic rings. The van der Waals surface area contributed by atoms with Gasteiger partial charge in [0.25, 0.3) is 0 Å². The fraction of sp³-hybridized carbons (Fsp3) is 0.200. The Morgan fingerprint density at radius 1 is 1.53 bits per heavy atom. The number of imidazole rings is 1. The molecule has 0 saturated heterocycles. The van der Waals surface area contributed by atoms with Crippen LogP contribution in [0.15, 0.2) is 25.3 Å². The van der Waals surface area contributed by atoms with Crippen LogP contribution < -0.4 is 10.1 Å². The Hall–Kier alpha value is -2.44. The SMILES string of the molecule is C=CC(=O)NCCOc1ncnc2nc[nH]c12. The van der Waals surface area contributed by atoms with E-state index in [1.165, 1.54) is 18.7 Å². The van der Waals surface area contributed by atoms with Crippen LogP contribution in [-0.2, 0) is 4.79 Å². The zero-order chi connectivity index (χ0) is 12.1. The lowest BCUT2D eigenvalue weighted by Crippen LogP contribution is -2.26. The van der Waals surface area contributed by atoms with Crippen LogP contribution in [0.1, 0.15) is 0 Å². The zero-order valence-electron chi connectivity index (χ0n) is 9.01. The maximum absolute atomic E-state index is 10.9. The predicted molar refractivity (Wildman–Crippen MR) is 60.4 cm³/mol. The molecular weight excluding hydrogens is 222 g/mol. The number of ether oxygens (including phenoxy) is 1. The first-order valence-electron chi connectivity index (χ1n) is 4.98. The van der Waals surface area contributed by atoms with Crippen molar-refractivity contribution in [3.8, 4) is 5.88 Å². The van der Waals surface area contributed by atoms with Gasteiger partial charge >= 0.3 is 0 Å². The molecule has 2 aromatic heterocycles. The van der Waals surface area contributed by atoms with E-state index in [1.54, 1.807) is 0 Å². The highest BCUT2D eigenvalue weighted by Crippen LogP contribution is 2.16. The first-order chi connectivity index (χ1) is 8.31. The van der Waals surface area contributed by atoms with E-state index >= 15 is 0 Å². The van der Waals surface area contributed by atoms with Gasteiger partial charge in [-0.05, 0) is 6.08 Å². The molecule has 0 spiro atoms. The Kier molecular flexibility index (Phi) is 3.29. The molecule has 2 rings (SSSR count). The number of rotatable bonds is 5. The lowest BCUT2D eigenvalue weighted by Gasteiger charge is -2.05. The molecule has 0 unspecified atom stereocenters. The molecule has 0 atom stereocenters. The number of amides is 1. The van der Waals surface area contributed by atoms with Crippen LogP contribution in [-0.4, -0.2) is 39.0 Å². The number of hydrogen-bond acceptors (Lipinski definition) is 5. The van der Waals surface area contributed by atoms with Crippen LogP contribution in [0, 0.1) is 0 Å². The van der Waals surface area contributed by atoms with Gasteiger partial charge < -0.3 is 15.0 Å². The summed E-state index contributed by atoms with van der Waals surface area (Å²) in [6.07, 6.45) is 4.10. The zero-order valence-corrected chi connectivity index (χ0v) is 9.01. The molecule has 0 saturated carbocycles. The van der Waals surface area contributed by atoms with Crippen LogP contribution in [0.3, 0.4) is 0 Å². The summed E-state index contributed by atoms with van der Waals surface area (Å²) in [6.45, 7) is 4.03. The van der Waals surface area contributed by atoms with Gasteiger partial charge in [-0.2, -0.15) is 4.98 Å². The van der Waals surface area contributed by atoms with Crippen LogP contribution in [0.4, 0.5) is 0 Å². The Morgan fingerprint density at radius 3 is 3.24 bits per heavy atom. The van der Waals surface area contributed by atoms with E-state index in [1.807, 2.05) is 0 Å². The summed E-state index contributed by atoms with van der Waals surface area (Å²) >= 11 is 0. The summed E-state index contributed by atoms with van der Waals surface area (Å²) in [6, 6.07) is 0. The van der Waals surface area contributed by atoms with Crippen molar-refractivity contribution in [1.29, 1.82) is 0 Å². The highest BCUT2D eigenvalue weighted by Gasteiger charge is 2.06. The number of nitrogens with zero attached hydrogens (tertiary/aromatic N) is 3. The largest absolute Gasteiger partial charge is 0.474 e. The maximum Gasteiger partial charge on any atom is 0.243 e. The van der Waals surface area contributed by atoms with E-state index in [0.717, 1.165) is 0 Å². The smallest absolute Gasteiger partial charge is 0.243 e. The van der Waals surface area contributed by atoms with Gasteiger partial charge in [0.05, 0.1) is 12.9 Å². The third-order valence-corrected chi connectivity index (χ3v) is 2.01. The van der Waals surface area contributed by atoms with E-state index < -0.39 is 0 Å². The van der Waals surface area contributed by atoms with E-state index in [9.17, 15) is 4.79 Å². The van der Waals surface area contributed by atoms with Crippen molar-refractivity contribution in [3.05, 3.63) is 25.3 Å². The van der Waals surface area contributed by atoms with Gasteiger partial charge in [-0.1, -0.05) is 6.58 Å². The average molecular weight is 233 g/mol. The number of aromatic amines is 1. The fourth-order valence-corrected chi connectivity index (χ4v) is 1.25. The molecule has 0 bridgehead atoms. The first-order valence-corrected chi connectivity index (χ1v) is 4.98. The summed E-state index contributed by atoms with van der Waals surface area (Å²) in [5.74, 6) is 0.184. The molecule has 0 aromatic carbocycles. The van der Waals surface area contributed by atoms with Crippen molar-refractivity contribution in [3.63, 3.8) is 0 Å². The van der Waals surface area contributed by atoms with Gasteiger partial charge in [-0.25, -0.2) is 9.97 Å². The number of carbonyl (C=O) groups excluding carboxylic acids is 1. The summed E-state index contributed by atoms with van der Waals surface area (Å²) < 4.78 is 5.40. The predicted octanol–water partition coefficient (Wildman–Crippen LogP) is 0.0339. The maximum atomic E-state index is 10.9. The molecule has 7 heteroatoms. The molecule has 0 aliphatic heterocycles. The molecule has 88 valence electrons. The summed E-state index contributed by atoms with van der Waals surface area (Å²) in [5.41, 5.74) is 1.19.